The molecular formula is C27H26N2O7. The predicted molar refractivity (Wildman–Crippen MR) is 132 cm³/mol. The Morgan fingerprint density at radius 3 is 2.36 bits per heavy atom. The molecule has 0 aliphatic heterocycles. The zero-order valence-corrected chi connectivity index (χ0v) is 19.9. The molecule has 0 spiro atoms. The topological polar surface area (TPSA) is 128 Å². The van der Waals surface area contributed by atoms with E-state index in [0.29, 0.717) is 6.42 Å². The normalized spacial score (nSPS) is 13.5. The Balaban J connectivity index is 1.60. The first-order chi connectivity index (χ1) is 17.2. The largest absolute Gasteiger partial charge is 0.489 e. The number of methoxy groups -OCH3 is 1. The Morgan fingerprint density at radius 1 is 1.08 bits per heavy atom. The molecule has 2 N–H and O–H groups in total. The molecule has 36 heavy (non-hydrogen) atoms. The number of nitro groups is 1. The minimum absolute atomic E-state index is 0.0311. The van der Waals surface area contributed by atoms with Crippen LogP contribution in [0.4, 0.5) is 5.69 Å². The molecule has 3 aromatic rings. The summed E-state index contributed by atoms with van der Waals surface area (Å²) in [5, 5.41) is 24.4. The number of nitro benzene ring substituents is 1. The zero-order chi connectivity index (χ0) is 25.9. The van der Waals surface area contributed by atoms with Gasteiger partial charge in [-0.15, -0.1) is 0 Å². The van der Waals surface area contributed by atoms with Gasteiger partial charge in [0.2, 0.25) is 5.75 Å². The van der Waals surface area contributed by atoms with Gasteiger partial charge in [-0.1, -0.05) is 54.1 Å². The molecule has 0 saturated heterocycles. The van der Waals surface area contributed by atoms with Gasteiger partial charge in [-0.25, -0.2) is 4.79 Å². The van der Waals surface area contributed by atoms with Crippen LogP contribution in [0.2, 0.25) is 0 Å². The molecule has 3 aromatic carbocycles. The number of aliphatic carboxylic acids is 1. The Kier molecular flexibility index (Phi) is 6.91. The number of nitrogens with zero attached hydrogens (tertiary/aromatic N) is 1. The monoisotopic (exact) mass is 490 g/mol. The summed E-state index contributed by atoms with van der Waals surface area (Å²) in [6.07, 6.45) is 0.764. The highest BCUT2D eigenvalue weighted by Gasteiger charge is 2.45. The summed E-state index contributed by atoms with van der Waals surface area (Å²) in [7, 11) is 1.28. The molecule has 0 aromatic heterocycles. The first-order valence-electron chi connectivity index (χ1n) is 11.4. The van der Waals surface area contributed by atoms with Crippen LogP contribution in [0.5, 0.6) is 11.5 Å². The van der Waals surface area contributed by atoms with E-state index in [-0.39, 0.29) is 36.5 Å². The number of carbonyl (C=O) groups excluding carboxylic acids is 1. The summed E-state index contributed by atoms with van der Waals surface area (Å²) < 4.78 is 11.1. The van der Waals surface area contributed by atoms with E-state index in [9.17, 15) is 24.8 Å². The molecule has 186 valence electrons. The SMILES string of the molecule is COc1c(OCCc2cccc(C)c2)cc(C(=O)NC2(C(=O)O)Cc3ccccc3C2)cc1[N+](=O)[O-]. The Morgan fingerprint density at radius 2 is 1.78 bits per heavy atom. The van der Waals surface area contributed by atoms with Gasteiger partial charge in [-0.3, -0.25) is 14.9 Å². The van der Waals surface area contributed by atoms with Crippen LogP contribution in [-0.2, 0) is 24.1 Å². The van der Waals surface area contributed by atoms with E-state index < -0.39 is 28.0 Å². The maximum atomic E-state index is 13.2. The minimum Gasteiger partial charge on any atom is -0.489 e. The number of nitrogens with one attached hydrogen (secondary N) is 1. The number of hydrogen-bond donors (Lipinski definition) is 2. The second-order valence-electron chi connectivity index (χ2n) is 8.84. The van der Waals surface area contributed by atoms with Crippen LogP contribution in [0, 0.1) is 17.0 Å². The number of fused-ring (bicyclic) bond motifs is 1. The van der Waals surface area contributed by atoms with Gasteiger partial charge >= 0.3 is 11.7 Å². The number of ether oxygens (including phenoxy) is 2. The molecule has 0 atom stereocenters. The quantitative estimate of drug-likeness (QED) is 0.344. The average molecular weight is 491 g/mol. The van der Waals surface area contributed by atoms with Gasteiger partial charge in [0.15, 0.2) is 5.75 Å². The van der Waals surface area contributed by atoms with Crippen molar-refractivity contribution in [2.45, 2.75) is 31.7 Å². The summed E-state index contributed by atoms with van der Waals surface area (Å²) in [4.78, 5) is 36.5. The van der Waals surface area contributed by atoms with Crippen molar-refractivity contribution in [1.82, 2.24) is 5.32 Å². The van der Waals surface area contributed by atoms with E-state index in [1.165, 1.54) is 13.2 Å². The maximum absolute atomic E-state index is 13.2. The van der Waals surface area contributed by atoms with Gasteiger partial charge in [-0.2, -0.15) is 0 Å². The first kappa shape index (κ1) is 24.7. The lowest BCUT2D eigenvalue weighted by molar-refractivity contribution is -0.385. The summed E-state index contributed by atoms with van der Waals surface area (Å²) >= 11 is 0. The molecule has 1 amide bonds. The van der Waals surface area contributed by atoms with E-state index in [4.69, 9.17) is 9.47 Å². The molecule has 1 aliphatic rings. The minimum atomic E-state index is -1.55. The maximum Gasteiger partial charge on any atom is 0.330 e. The highest BCUT2D eigenvalue weighted by molar-refractivity contribution is 5.99. The summed E-state index contributed by atoms with van der Waals surface area (Å²) in [6, 6.07) is 17.6. The van der Waals surface area contributed by atoms with Crippen molar-refractivity contribution < 1.29 is 29.1 Å². The fourth-order valence-electron chi connectivity index (χ4n) is 4.51. The molecule has 9 nitrogen and oxygen atoms in total. The van der Waals surface area contributed by atoms with Crippen LogP contribution >= 0.6 is 0 Å². The Bertz CT molecular complexity index is 1310. The lowest BCUT2D eigenvalue weighted by Crippen LogP contribution is -2.55. The number of aryl methyl sites for hydroxylation is 1. The van der Waals surface area contributed by atoms with E-state index >= 15 is 0 Å². The second kappa shape index (κ2) is 10.1. The standard InChI is InChI=1S/C27H26N2O7/c1-17-6-5-7-18(12-17)10-11-36-23-14-21(13-22(29(33)34)24(23)35-2)25(30)28-27(26(31)32)15-19-8-3-4-9-20(19)16-27/h3-9,12-14H,10-11,15-16H2,1-2H3,(H,28,30)(H,31,32). The fourth-order valence-corrected chi connectivity index (χ4v) is 4.51. The van der Waals surface area contributed by atoms with E-state index in [1.54, 1.807) is 0 Å². The van der Waals surface area contributed by atoms with E-state index in [2.05, 4.69) is 5.32 Å². The lowest BCUT2D eigenvalue weighted by atomic mass is 9.95. The smallest absolute Gasteiger partial charge is 0.330 e. The number of amides is 1. The molecular weight excluding hydrogens is 464 g/mol. The number of hydrogen-bond acceptors (Lipinski definition) is 6. The van der Waals surface area contributed by atoms with E-state index in [0.717, 1.165) is 28.3 Å². The molecule has 0 heterocycles. The van der Waals surface area contributed by atoms with Crippen LogP contribution in [0.3, 0.4) is 0 Å². The highest BCUT2D eigenvalue weighted by atomic mass is 16.6. The molecule has 0 fully saturated rings. The summed E-state index contributed by atoms with van der Waals surface area (Å²) in [6.45, 7) is 2.17. The molecule has 0 saturated carbocycles. The summed E-state index contributed by atoms with van der Waals surface area (Å²) in [5.74, 6) is -2.00. The number of carboxylic acids is 1. The Hall–Kier alpha value is -4.40. The summed E-state index contributed by atoms with van der Waals surface area (Å²) in [5.41, 5.74) is 1.70. The van der Waals surface area contributed by atoms with Crippen molar-refractivity contribution >= 4 is 17.6 Å². The number of rotatable bonds is 9. The van der Waals surface area contributed by atoms with Crippen molar-refractivity contribution in [2.75, 3.05) is 13.7 Å². The highest BCUT2D eigenvalue weighted by Crippen LogP contribution is 2.39. The second-order valence-corrected chi connectivity index (χ2v) is 8.84. The zero-order valence-electron chi connectivity index (χ0n) is 19.9. The fraction of sp³-hybridized carbons (Fsp3) is 0.259. The van der Waals surface area contributed by atoms with Gasteiger partial charge in [0.25, 0.3) is 5.91 Å². The van der Waals surface area contributed by atoms with Crippen molar-refractivity contribution in [3.63, 3.8) is 0 Å². The predicted octanol–water partition coefficient (Wildman–Crippen LogP) is 3.89. The van der Waals surface area contributed by atoms with Crippen LogP contribution in [0.15, 0.2) is 60.7 Å². The molecule has 1 aliphatic carbocycles. The van der Waals surface area contributed by atoms with Crippen molar-refractivity contribution in [1.29, 1.82) is 0 Å². The third-order valence-electron chi connectivity index (χ3n) is 6.29. The van der Waals surface area contributed by atoms with Crippen molar-refractivity contribution in [2.24, 2.45) is 0 Å². The lowest BCUT2D eigenvalue weighted by Gasteiger charge is -2.25. The molecule has 9 heteroatoms. The van der Waals surface area contributed by atoms with Gasteiger partial charge < -0.3 is 19.9 Å². The van der Waals surface area contributed by atoms with Crippen LogP contribution in [0.1, 0.15) is 32.6 Å². The number of benzene rings is 3. The van der Waals surface area contributed by atoms with Crippen LogP contribution in [0.25, 0.3) is 0 Å². The molecule has 0 bridgehead atoms. The number of carboxylic acid groups (broad SMARTS) is 1. The number of carbonyl (C=O) groups is 2. The van der Waals surface area contributed by atoms with E-state index in [1.807, 2.05) is 55.5 Å². The third-order valence-corrected chi connectivity index (χ3v) is 6.29. The Labute approximate surface area is 207 Å². The third kappa shape index (κ3) is 5.00. The molecule has 0 unspecified atom stereocenters. The van der Waals surface area contributed by atoms with Gasteiger partial charge in [-0.05, 0) is 29.7 Å². The van der Waals surface area contributed by atoms with Crippen molar-refractivity contribution in [3.8, 4) is 11.5 Å². The van der Waals surface area contributed by atoms with Gasteiger partial charge in [0.1, 0.15) is 5.54 Å². The van der Waals surface area contributed by atoms with Crippen LogP contribution < -0.4 is 14.8 Å². The van der Waals surface area contributed by atoms with Gasteiger partial charge in [0.05, 0.1) is 24.2 Å². The van der Waals surface area contributed by atoms with Gasteiger partial charge in [0, 0.05) is 25.3 Å². The molecule has 0 radical (unpaired) electrons. The van der Waals surface area contributed by atoms with Crippen molar-refractivity contribution in [3.05, 3.63) is 98.6 Å². The first-order valence-corrected chi connectivity index (χ1v) is 11.4. The van der Waals surface area contributed by atoms with Crippen LogP contribution in [-0.4, -0.2) is 41.2 Å². The average Bonchev–Trinajstić information content (AvgIpc) is 3.23. The molecule has 4 rings (SSSR count).